The number of hydrogen-bond acceptors (Lipinski definition) is 8. The van der Waals surface area contributed by atoms with Gasteiger partial charge in [-0.3, -0.25) is 9.59 Å². The Morgan fingerprint density at radius 2 is 1.97 bits per heavy atom. The van der Waals surface area contributed by atoms with Crippen LogP contribution in [0.1, 0.15) is 21.1 Å². The second-order valence-corrected chi connectivity index (χ2v) is 13.7. The number of amides is 2. The molecule has 0 bridgehead atoms. The molecule has 4 heterocycles. The van der Waals surface area contributed by atoms with Gasteiger partial charge >= 0.3 is 0 Å². The number of carbonyl (C=O) groups is 2. The standard InChI is InChI=1S/C24H26ClN5O4S3/c1-26-22(31)18-14-29(37(33,34)21-11-16-3-4-17(25)12-19(16)35-21)9-10-30(18)24(32)23-27-13-20(36-23)15-5-7-28(2)8-6-15/h3-5,11-13,18H,6-10,14H2,1-2H3,(H,26,31). The highest BCUT2D eigenvalue weighted by molar-refractivity contribution is 7.91. The fourth-order valence-electron chi connectivity index (χ4n) is 4.48. The van der Waals surface area contributed by atoms with E-state index < -0.39 is 22.0 Å². The summed E-state index contributed by atoms with van der Waals surface area (Å²) in [6.07, 6.45) is 4.73. The van der Waals surface area contributed by atoms with Crippen LogP contribution < -0.4 is 5.32 Å². The number of fused-ring (bicyclic) bond motifs is 1. The van der Waals surface area contributed by atoms with Crippen LogP contribution in [0.2, 0.25) is 5.02 Å². The number of aromatic nitrogens is 1. The van der Waals surface area contributed by atoms with Crippen molar-refractivity contribution in [1.29, 1.82) is 0 Å². The number of likely N-dealkylation sites (N-methyl/N-ethyl adjacent to an activating group) is 2. The first kappa shape index (κ1) is 26.3. The molecule has 0 saturated carbocycles. The smallest absolute Gasteiger partial charge is 0.283 e. The predicted molar refractivity (Wildman–Crippen MR) is 147 cm³/mol. The van der Waals surface area contributed by atoms with Crippen molar-refractivity contribution in [2.75, 3.05) is 46.8 Å². The van der Waals surface area contributed by atoms with Gasteiger partial charge in [0, 0.05) is 55.7 Å². The van der Waals surface area contributed by atoms with Crippen LogP contribution in [-0.2, 0) is 14.8 Å². The molecule has 1 unspecified atom stereocenters. The molecule has 2 aliphatic rings. The molecule has 1 N–H and O–H groups in total. The monoisotopic (exact) mass is 579 g/mol. The lowest BCUT2D eigenvalue weighted by Gasteiger charge is -2.39. The van der Waals surface area contributed by atoms with E-state index in [9.17, 15) is 18.0 Å². The summed E-state index contributed by atoms with van der Waals surface area (Å²) in [6, 6.07) is 5.87. The van der Waals surface area contributed by atoms with Gasteiger partial charge in [-0.1, -0.05) is 23.7 Å². The summed E-state index contributed by atoms with van der Waals surface area (Å²) >= 11 is 8.51. The van der Waals surface area contributed by atoms with Gasteiger partial charge in [-0.15, -0.1) is 22.7 Å². The number of thiazole rings is 1. The number of rotatable bonds is 5. The molecule has 0 aliphatic carbocycles. The van der Waals surface area contributed by atoms with Crippen LogP contribution in [0.15, 0.2) is 40.7 Å². The zero-order valence-electron chi connectivity index (χ0n) is 20.3. The Morgan fingerprint density at radius 1 is 1.16 bits per heavy atom. The first-order chi connectivity index (χ1) is 17.7. The largest absolute Gasteiger partial charge is 0.357 e. The zero-order chi connectivity index (χ0) is 26.3. The summed E-state index contributed by atoms with van der Waals surface area (Å²) in [6.45, 7) is 1.80. The molecule has 37 heavy (non-hydrogen) atoms. The minimum atomic E-state index is -3.87. The lowest BCUT2D eigenvalue weighted by atomic mass is 10.1. The number of nitrogens with one attached hydrogen (secondary N) is 1. The van der Waals surface area contributed by atoms with Gasteiger partial charge in [0.25, 0.3) is 15.9 Å². The van der Waals surface area contributed by atoms with E-state index in [-0.39, 0.29) is 29.8 Å². The molecule has 2 amide bonds. The van der Waals surface area contributed by atoms with Crippen LogP contribution in [0.4, 0.5) is 0 Å². The Balaban J connectivity index is 1.37. The lowest BCUT2D eigenvalue weighted by molar-refractivity contribution is -0.126. The number of nitrogens with zero attached hydrogens (tertiary/aromatic N) is 4. The summed E-state index contributed by atoms with van der Waals surface area (Å²) in [5.41, 5.74) is 1.16. The molecule has 1 aromatic carbocycles. The molecule has 0 spiro atoms. The highest BCUT2D eigenvalue weighted by Gasteiger charge is 2.41. The van der Waals surface area contributed by atoms with Gasteiger partial charge in [-0.2, -0.15) is 4.31 Å². The zero-order valence-corrected chi connectivity index (χ0v) is 23.5. The number of thiophene rings is 1. The Hall–Kier alpha value is -2.35. The quantitative estimate of drug-likeness (QED) is 0.498. The van der Waals surface area contributed by atoms with E-state index in [1.54, 1.807) is 30.5 Å². The third kappa shape index (κ3) is 5.18. The Labute approximate surface area is 228 Å². The number of benzene rings is 1. The molecule has 13 heteroatoms. The van der Waals surface area contributed by atoms with Crippen LogP contribution in [0.25, 0.3) is 15.7 Å². The average Bonchev–Trinajstić information content (AvgIpc) is 3.56. The third-order valence-corrected chi connectivity index (χ3v) is 11.3. The summed E-state index contributed by atoms with van der Waals surface area (Å²) < 4.78 is 29.2. The number of hydrogen-bond donors (Lipinski definition) is 1. The van der Waals surface area contributed by atoms with Crippen molar-refractivity contribution >= 4 is 71.8 Å². The van der Waals surface area contributed by atoms with Gasteiger partial charge in [0.15, 0.2) is 5.01 Å². The maximum atomic E-state index is 13.5. The van der Waals surface area contributed by atoms with E-state index in [0.29, 0.717) is 10.0 Å². The van der Waals surface area contributed by atoms with E-state index in [4.69, 9.17) is 11.6 Å². The molecular formula is C24H26ClN5O4S3. The van der Waals surface area contributed by atoms with E-state index in [0.717, 1.165) is 51.4 Å². The third-order valence-electron chi connectivity index (χ3n) is 6.62. The molecular weight excluding hydrogens is 554 g/mol. The van der Waals surface area contributed by atoms with Gasteiger partial charge in [-0.05, 0) is 42.6 Å². The highest BCUT2D eigenvalue weighted by atomic mass is 35.5. The van der Waals surface area contributed by atoms with Gasteiger partial charge in [0.05, 0.1) is 4.88 Å². The van der Waals surface area contributed by atoms with Crippen molar-refractivity contribution < 1.29 is 18.0 Å². The maximum Gasteiger partial charge on any atom is 0.283 e. The molecule has 0 radical (unpaired) electrons. The van der Waals surface area contributed by atoms with Crippen LogP contribution >= 0.6 is 34.3 Å². The van der Waals surface area contributed by atoms with Gasteiger partial charge in [-0.25, -0.2) is 13.4 Å². The Bertz CT molecular complexity index is 1500. The average molecular weight is 580 g/mol. The van der Waals surface area contributed by atoms with Crippen molar-refractivity contribution in [3.05, 3.63) is 51.4 Å². The van der Waals surface area contributed by atoms with Crippen molar-refractivity contribution in [3.8, 4) is 0 Å². The van der Waals surface area contributed by atoms with Gasteiger partial charge in [0.1, 0.15) is 10.3 Å². The topological polar surface area (TPSA) is 103 Å². The van der Waals surface area contributed by atoms with Crippen LogP contribution in [0.5, 0.6) is 0 Å². The Morgan fingerprint density at radius 3 is 2.70 bits per heavy atom. The van der Waals surface area contributed by atoms with Gasteiger partial charge in [0.2, 0.25) is 5.91 Å². The summed E-state index contributed by atoms with van der Waals surface area (Å²) in [4.78, 5) is 35.2. The molecule has 1 saturated heterocycles. The van der Waals surface area contributed by atoms with Crippen molar-refractivity contribution in [2.45, 2.75) is 16.7 Å². The number of sulfonamides is 1. The lowest BCUT2D eigenvalue weighted by Crippen LogP contribution is -2.61. The van der Waals surface area contributed by atoms with Crippen molar-refractivity contribution in [3.63, 3.8) is 0 Å². The summed E-state index contributed by atoms with van der Waals surface area (Å²) in [7, 11) is -0.340. The molecule has 5 rings (SSSR count). The Kier molecular flexibility index (Phi) is 7.40. The maximum absolute atomic E-state index is 13.5. The molecule has 196 valence electrons. The van der Waals surface area contributed by atoms with Crippen molar-refractivity contribution in [2.24, 2.45) is 0 Å². The number of halogens is 1. The molecule has 2 aromatic heterocycles. The molecule has 1 fully saturated rings. The van der Waals surface area contributed by atoms with E-state index in [2.05, 4.69) is 28.3 Å². The van der Waals surface area contributed by atoms with Gasteiger partial charge < -0.3 is 15.1 Å². The highest BCUT2D eigenvalue weighted by Crippen LogP contribution is 2.34. The molecule has 9 nitrogen and oxygen atoms in total. The molecule has 2 aliphatic heterocycles. The van der Waals surface area contributed by atoms with E-state index >= 15 is 0 Å². The second-order valence-electron chi connectivity index (χ2n) is 9.01. The van der Waals surface area contributed by atoms with Crippen LogP contribution in [-0.4, -0.2) is 92.2 Å². The normalized spacial score (nSPS) is 19.7. The number of carbonyl (C=O) groups excluding carboxylic acids is 2. The first-order valence-corrected chi connectivity index (χ1v) is 15.2. The minimum Gasteiger partial charge on any atom is -0.357 e. The fourth-order valence-corrected chi connectivity index (χ4v) is 8.69. The molecule has 3 aromatic rings. The SMILES string of the molecule is CNC(=O)C1CN(S(=O)(=O)c2cc3ccc(Cl)cc3s2)CCN1C(=O)c1ncc(C2=CCN(C)CC2)s1. The summed E-state index contributed by atoms with van der Waals surface area (Å²) in [5.74, 6) is -0.793. The molecule has 1 atom stereocenters. The second kappa shape index (κ2) is 10.4. The fraction of sp³-hybridized carbons (Fsp3) is 0.375. The van der Waals surface area contributed by atoms with Crippen LogP contribution in [0, 0.1) is 0 Å². The minimum absolute atomic E-state index is 0.0757. The van der Waals surface area contributed by atoms with E-state index in [1.807, 2.05) is 0 Å². The van der Waals surface area contributed by atoms with E-state index in [1.165, 1.54) is 27.6 Å². The number of piperazine rings is 1. The predicted octanol–water partition coefficient (Wildman–Crippen LogP) is 2.99. The van der Waals surface area contributed by atoms with Crippen molar-refractivity contribution in [1.82, 2.24) is 24.4 Å². The first-order valence-electron chi connectivity index (χ1n) is 11.7. The summed E-state index contributed by atoms with van der Waals surface area (Å²) in [5, 5.41) is 4.18. The van der Waals surface area contributed by atoms with Crippen LogP contribution in [0.3, 0.4) is 0 Å².